The number of amides is 2. The molecule has 0 aliphatic carbocycles. The Labute approximate surface area is 122 Å². The van der Waals surface area contributed by atoms with Crippen LogP contribution in [-0.2, 0) is 4.79 Å². The molecule has 6 nitrogen and oxygen atoms in total. The minimum atomic E-state index is -0.483. The number of anilines is 1. The van der Waals surface area contributed by atoms with Crippen molar-refractivity contribution in [2.45, 2.75) is 25.8 Å². The standard InChI is InChI=1S/C13H17ClN4O2/c1-2-15-11-9(14)6-8(7-17-11)12(19)18-10-4-3-5-16-13(10)20/h6-7,10H,2-5H2,1H3,(H,15,17)(H,16,20)(H,18,19). The van der Waals surface area contributed by atoms with Gasteiger partial charge in [-0.2, -0.15) is 0 Å². The van der Waals surface area contributed by atoms with E-state index in [1.807, 2.05) is 6.92 Å². The van der Waals surface area contributed by atoms with Gasteiger partial charge in [-0.05, 0) is 25.8 Å². The summed E-state index contributed by atoms with van der Waals surface area (Å²) in [5.74, 6) is 0.0542. The van der Waals surface area contributed by atoms with Crippen LogP contribution in [0.4, 0.5) is 5.82 Å². The van der Waals surface area contributed by atoms with E-state index in [2.05, 4.69) is 20.9 Å². The van der Waals surface area contributed by atoms with Crippen molar-refractivity contribution < 1.29 is 9.59 Å². The van der Waals surface area contributed by atoms with Gasteiger partial charge in [-0.25, -0.2) is 4.98 Å². The molecule has 3 N–H and O–H groups in total. The minimum Gasteiger partial charge on any atom is -0.369 e. The minimum absolute atomic E-state index is 0.145. The zero-order valence-corrected chi connectivity index (χ0v) is 12.0. The van der Waals surface area contributed by atoms with Crippen molar-refractivity contribution >= 4 is 29.2 Å². The molecule has 1 saturated heterocycles. The van der Waals surface area contributed by atoms with E-state index in [4.69, 9.17) is 11.6 Å². The van der Waals surface area contributed by atoms with Crippen LogP contribution in [0, 0.1) is 0 Å². The van der Waals surface area contributed by atoms with E-state index >= 15 is 0 Å². The average Bonchev–Trinajstić information content (AvgIpc) is 2.43. The molecule has 1 fully saturated rings. The maximum Gasteiger partial charge on any atom is 0.253 e. The summed E-state index contributed by atoms with van der Waals surface area (Å²) in [6.45, 7) is 3.29. The molecule has 108 valence electrons. The van der Waals surface area contributed by atoms with E-state index < -0.39 is 6.04 Å². The number of rotatable bonds is 4. The van der Waals surface area contributed by atoms with Gasteiger partial charge < -0.3 is 16.0 Å². The van der Waals surface area contributed by atoms with E-state index in [0.717, 1.165) is 6.42 Å². The van der Waals surface area contributed by atoms with Crippen molar-refractivity contribution in [2.24, 2.45) is 0 Å². The van der Waals surface area contributed by atoms with Crippen LogP contribution in [0.5, 0.6) is 0 Å². The molecule has 20 heavy (non-hydrogen) atoms. The number of hydrogen-bond acceptors (Lipinski definition) is 4. The quantitative estimate of drug-likeness (QED) is 0.779. The predicted molar refractivity (Wildman–Crippen MR) is 76.9 cm³/mol. The highest BCUT2D eigenvalue weighted by Crippen LogP contribution is 2.20. The molecule has 7 heteroatoms. The molecule has 2 heterocycles. The average molecular weight is 297 g/mol. The molecule has 1 aliphatic rings. The highest BCUT2D eigenvalue weighted by molar-refractivity contribution is 6.33. The Morgan fingerprint density at radius 1 is 1.60 bits per heavy atom. The fourth-order valence-electron chi connectivity index (χ4n) is 2.01. The summed E-state index contributed by atoms with van der Waals surface area (Å²) in [5.41, 5.74) is 0.343. The fourth-order valence-corrected chi connectivity index (χ4v) is 2.24. The van der Waals surface area contributed by atoms with E-state index in [1.165, 1.54) is 6.20 Å². The third-order valence-electron chi connectivity index (χ3n) is 3.04. The summed E-state index contributed by atoms with van der Waals surface area (Å²) in [5, 5.41) is 8.79. The second-order valence-electron chi connectivity index (χ2n) is 4.54. The molecule has 0 spiro atoms. The topological polar surface area (TPSA) is 83.1 Å². The SMILES string of the molecule is CCNc1ncc(C(=O)NC2CCCNC2=O)cc1Cl. The lowest BCUT2D eigenvalue weighted by Gasteiger charge is -2.22. The first-order valence-corrected chi connectivity index (χ1v) is 6.97. The predicted octanol–water partition coefficient (Wildman–Crippen LogP) is 1.18. The molecule has 1 aromatic rings. The van der Waals surface area contributed by atoms with Crippen molar-refractivity contribution in [3.8, 4) is 0 Å². The maximum absolute atomic E-state index is 12.1. The summed E-state index contributed by atoms with van der Waals surface area (Å²) >= 11 is 6.04. The number of hydrogen-bond donors (Lipinski definition) is 3. The maximum atomic E-state index is 12.1. The van der Waals surface area contributed by atoms with Crippen molar-refractivity contribution in [1.29, 1.82) is 0 Å². The Morgan fingerprint density at radius 2 is 2.40 bits per heavy atom. The fraction of sp³-hybridized carbons (Fsp3) is 0.462. The lowest BCUT2D eigenvalue weighted by atomic mass is 10.1. The first kappa shape index (κ1) is 14.6. The number of halogens is 1. The van der Waals surface area contributed by atoms with Crippen molar-refractivity contribution in [3.05, 3.63) is 22.8 Å². The number of nitrogens with one attached hydrogen (secondary N) is 3. The molecule has 0 aromatic carbocycles. The van der Waals surface area contributed by atoms with Crippen molar-refractivity contribution in [2.75, 3.05) is 18.4 Å². The van der Waals surface area contributed by atoms with E-state index in [1.54, 1.807) is 6.07 Å². The Kier molecular flexibility index (Phi) is 4.79. The third kappa shape index (κ3) is 3.39. The third-order valence-corrected chi connectivity index (χ3v) is 3.33. The van der Waals surface area contributed by atoms with Crippen LogP contribution in [0.2, 0.25) is 5.02 Å². The van der Waals surface area contributed by atoms with E-state index in [0.29, 0.717) is 35.9 Å². The van der Waals surface area contributed by atoms with Gasteiger partial charge in [0.15, 0.2) is 0 Å². The molecule has 0 radical (unpaired) electrons. The number of piperidine rings is 1. The summed E-state index contributed by atoms with van der Waals surface area (Å²) in [7, 11) is 0. The summed E-state index contributed by atoms with van der Waals surface area (Å²) in [6.07, 6.45) is 2.95. The van der Waals surface area contributed by atoms with Gasteiger partial charge in [-0.15, -0.1) is 0 Å². The lowest BCUT2D eigenvalue weighted by Crippen LogP contribution is -2.50. The lowest BCUT2D eigenvalue weighted by molar-refractivity contribution is -0.124. The van der Waals surface area contributed by atoms with Gasteiger partial charge in [0.25, 0.3) is 5.91 Å². The summed E-state index contributed by atoms with van der Waals surface area (Å²) in [6, 6.07) is 1.06. The zero-order chi connectivity index (χ0) is 14.5. The molecular weight excluding hydrogens is 280 g/mol. The molecule has 2 amide bonds. The number of pyridine rings is 1. The highest BCUT2D eigenvalue weighted by Gasteiger charge is 2.24. The van der Waals surface area contributed by atoms with Crippen LogP contribution in [0.3, 0.4) is 0 Å². The largest absolute Gasteiger partial charge is 0.369 e. The van der Waals surface area contributed by atoms with Gasteiger partial charge in [0.1, 0.15) is 11.9 Å². The second kappa shape index (κ2) is 6.56. The molecule has 1 unspecified atom stereocenters. The zero-order valence-electron chi connectivity index (χ0n) is 11.2. The first-order chi connectivity index (χ1) is 9.61. The van der Waals surface area contributed by atoms with Crippen molar-refractivity contribution in [1.82, 2.24) is 15.6 Å². The molecular formula is C13H17ClN4O2. The normalized spacial score (nSPS) is 18.3. The van der Waals surface area contributed by atoms with Crippen LogP contribution in [0.25, 0.3) is 0 Å². The van der Waals surface area contributed by atoms with E-state index in [-0.39, 0.29) is 11.8 Å². The molecule has 1 aromatic heterocycles. The first-order valence-electron chi connectivity index (χ1n) is 6.59. The van der Waals surface area contributed by atoms with Crippen LogP contribution in [-0.4, -0.2) is 35.9 Å². The Bertz CT molecular complexity index is 521. The highest BCUT2D eigenvalue weighted by atomic mass is 35.5. The Balaban J connectivity index is 2.05. The van der Waals surface area contributed by atoms with E-state index in [9.17, 15) is 9.59 Å². The van der Waals surface area contributed by atoms with Crippen LogP contribution >= 0.6 is 11.6 Å². The number of aromatic nitrogens is 1. The second-order valence-corrected chi connectivity index (χ2v) is 4.95. The van der Waals surface area contributed by atoms with Crippen molar-refractivity contribution in [3.63, 3.8) is 0 Å². The molecule has 0 bridgehead atoms. The van der Waals surface area contributed by atoms with Crippen LogP contribution in [0.15, 0.2) is 12.3 Å². The summed E-state index contributed by atoms with van der Waals surface area (Å²) < 4.78 is 0. The van der Waals surface area contributed by atoms with Gasteiger partial charge in [0, 0.05) is 19.3 Å². The monoisotopic (exact) mass is 296 g/mol. The molecule has 1 atom stereocenters. The molecule has 2 rings (SSSR count). The smallest absolute Gasteiger partial charge is 0.253 e. The number of carbonyl (C=O) groups is 2. The van der Waals surface area contributed by atoms with Gasteiger partial charge in [-0.3, -0.25) is 9.59 Å². The van der Waals surface area contributed by atoms with Crippen LogP contribution < -0.4 is 16.0 Å². The van der Waals surface area contributed by atoms with Gasteiger partial charge in [0.05, 0.1) is 10.6 Å². The summed E-state index contributed by atoms with van der Waals surface area (Å²) in [4.78, 5) is 27.8. The molecule has 1 aliphatic heterocycles. The van der Waals surface area contributed by atoms with Crippen LogP contribution in [0.1, 0.15) is 30.1 Å². The Hall–Kier alpha value is -1.82. The number of carbonyl (C=O) groups excluding carboxylic acids is 2. The Morgan fingerprint density at radius 3 is 3.05 bits per heavy atom. The van der Waals surface area contributed by atoms with Gasteiger partial charge >= 0.3 is 0 Å². The van der Waals surface area contributed by atoms with Gasteiger partial charge in [0.2, 0.25) is 5.91 Å². The van der Waals surface area contributed by atoms with Gasteiger partial charge in [-0.1, -0.05) is 11.6 Å². The number of nitrogens with zero attached hydrogens (tertiary/aromatic N) is 1. The molecule has 0 saturated carbocycles.